The van der Waals surface area contributed by atoms with Gasteiger partial charge in [0.15, 0.2) is 11.5 Å². The highest BCUT2D eigenvalue weighted by atomic mass is 16.5. The van der Waals surface area contributed by atoms with E-state index in [0.717, 1.165) is 11.1 Å². The van der Waals surface area contributed by atoms with Crippen LogP contribution in [0.15, 0.2) is 42.5 Å². The van der Waals surface area contributed by atoms with Gasteiger partial charge < -0.3 is 14.6 Å². The third-order valence-corrected chi connectivity index (χ3v) is 2.59. The van der Waals surface area contributed by atoms with Gasteiger partial charge in [0.25, 0.3) is 0 Å². The van der Waals surface area contributed by atoms with E-state index < -0.39 is 0 Å². The quantitative estimate of drug-likeness (QED) is 0.880. The molecule has 0 aromatic heterocycles. The summed E-state index contributed by atoms with van der Waals surface area (Å²) in [5.41, 5.74) is 1.70. The minimum atomic E-state index is 0.104. The molecule has 0 spiro atoms. The van der Waals surface area contributed by atoms with Gasteiger partial charge in [0.05, 0.1) is 19.8 Å². The van der Waals surface area contributed by atoms with Crippen molar-refractivity contribution in [2.75, 3.05) is 14.2 Å². The lowest BCUT2D eigenvalue weighted by Gasteiger charge is -2.14. The highest BCUT2D eigenvalue weighted by molar-refractivity contribution is 5.79. The Morgan fingerprint density at radius 1 is 0.882 bits per heavy atom. The zero-order valence-corrected chi connectivity index (χ0v) is 9.81. The summed E-state index contributed by atoms with van der Waals surface area (Å²) in [6.07, 6.45) is 0. The molecule has 0 aliphatic rings. The molecule has 0 saturated carbocycles. The van der Waals surface area contributed by atoms with Crippen LogP contribution in [0.4, 0.5) is 0 Å². The number of methoxy groups -OCH3 is 2. The first-order chi connectivity index (χ1) is 8.27. The second kappa shape index (κ2) is 4.78. The van der Waals surface area contributed by atoms with Crippen LogP contribution in [0.2, 0.25) is 0 Å². The van der Waals surface area contributed by atoms with Crippen LogP contribution in [-0.4, -0.2) is 19.3 Å². The van der Waals surface area contributed by atoms with Crippen molar-refractivity contribution in [3.05, 3.63) is 42.5 Å². The largest absolute Gasteiger partial charge is 0.504 e. The Morgan fingerprint density at radius 2 is 1.59 bits per heavy atom. The molecule has 0 atom stereocenters. The molecule has 1 N–H and O–H groups in total. The van der Waals surface area contributed by atoms with E-state index in [-0.39, 0.29) is 5.75 Å². The van der Waals surface area contributed by atoms with Gasteiger partial charge in [-0.2, -0.15) is 0 Å². The van der Waals surface area contributed by atoms with Crippen molar-refractivity contribution in [1.29, 1.82) is 0 Å². The second-order valence-electron chi connectivity index (χ2n) is 3.56. The van der Waals surface area contributed by atoms with Crippen LogP contribution in [0.1, 0.15) is 0 Å². The standard InChI is InChI=1S/C14H14O3/c1-16-12-9-8-11(15)14(17-2)13(12)10-6-4-3-5-7-10/h3-9,15H,1-2H3. The third-order valence-electron chi connectivity index (χ3n) is 2.59. The molecule has 0 saturated heterocycles. The van der Waals surface area contributed by atoms with Crippen LogP contribution in [0.3, 0.4) is 0 Å². The Kier molecular flexibility index (Phi) is 3.19. The number of hydrogen-bond donors (Lipinski definition) is 1. The maximum absolute atomic E-state index is 9.79. The van der Waals surface area contributed by atoms with Crippen molar-refractivity contribution >= 4 is 0 Å². The second-order valence-corrected chi connectivity index (χ2v) is 3.56. The van der Waals surface area contributed by atoms with Crippen molar-refractivity contribution < 1.29 is 14.6 Å². The number of hydrogen-bond acceptors (Lipinski definition) is 3. The molecule has 0 radical (unpaired) electrons. The molecule has 17 heavy (non-hydrogen) atoms. The average Bonchev–Trinajstić information content (AvgIpc) is 2.39. The van der Waals surface area contributed by atoms with E-state index in [4.69, 9.17) is 9.47 Å². The van der Waals surface area contributed by atoms with Crippen LogP contribution in [0.25, 0.3) is 11.1 Å². The van der Waals surface area contributed by atoms with E-state index in [1.54, 1.807) is 19.2 Å². The Balaban J connectivity index is 2.69. The van der Waals surface area contributed by atoms with Crippen LogP contribution < -0.4 is 9.47 Å². The number of rotatable bonds is 3. The summed E-state index contributed by atoms with van der Waals surface area (Å²) < 4.78 is 10.5. The first kappa shape index (κ1) is 11.3. The van der Waals surface area contributed by atoms with Crippen LogP contribution in [-0.2, 0) is 0 Å². The number of aromatic hydroxyl groups is 1. The molecule has 0 bridgehead atoms. The van der Waals surface area contributed by atoms with Crippen molar-refractivity contribution in [3.8, 4) is 28.4 Å². The molecule has 3 heteroatoms. The van der Waals surface area contributed by atoms with E-state index in [2.05, 4.69) is 0 Å². The van der Waals surface area contributed by atoms with Crippen molar-refractivity contribution in [2.24, 2.45) is 0 Å². The highest BCUT2D eigenvalue weighted by Gasteiger charge is 2.15. The van der Waals surface area contributed by atoms with Gasteiger partial charge in [-0.25, -0.2) is 0 Å². The number of ether oxygens (including phenoxy) is 2. The SMILES string of the molecule is COc1ccc(O)c(OC)c1-c1ccccc1. The molecule has 0 amide bonds. The van der Waals surface area contributed by atoms with Gasteiger partial charge in [-0.05, 0) is 17.7 Å². The van der Waals surface area contributed by atoms with E-state index in [0.29, 0.717) is 11.5 Å². The summed E-state index contributed by atoms with van der Waals surface area (Å²) in [5, 5.41) is 9.79. The van der Waals surface area contributed by atoms with Crippen molar-refractivity contribution in [3.63, 3.8) is 0 Å². The fraction of sp³-hybridized carbons (Fsp3) is 0.143. The van der Waals surface area contributed by atoms with Crippen LogP contribution in [0, 0.1) is 0 Å². The monoisotopic (exact) mass is 230 g/mol. The van der Waals surface area contributed by atoms with Crippen molar-refractivity contribution in [1.82, 2.24) is 0 Å². The predicted molar refractivity (Wildman–Crippen MR) is 66.6 cm³/mol. The lowest BCUT2D eigenvalue weighted by Crippen LogP contribution is -1.93. The maximum atomic E-state index is 9.79. The average molecular weight is 230 g/mol. The summed E-state index contributed by atoms with van der Waals surface area (Å²) in [4.78, 5) is 0. The fourth-order valence-corrected chi connectivity index (χ4v) is 1.81. The van der Waals surface area contributed by atoms with Gasteiger partial charge in [0.1, 0.15) is 5.75 Å². The summed E-state index contributed by atoms with van der Waals surface area (Å²) in [6.45, 7) is 0. The van der Waals surface area contributed by atoms with Gasteiger partial charge in [-0.1, -0.05) is 30.3 Å². The molecular formula is C14H14O3. The lowest BCUT2D eigenvalue weighted by molar-refractivity contribution is 0.367. The summed E-state index contributed by atoms with van der Waals surface area (Å²) in [6, 6.07) is 13.0. The molecule has 0 unspecified atom stereocenters. The first-order valence-electron chi connectivity index (χ1n) is 5.27. The van der Waals surface area contributed by atoms with Gasteiger partial charge in [-0.3, -0.25) is 0 Å². The molecule has 0 aliphatic heterocycles. The Morgan fingerprint density at radius 3 is 2.18 bits per heavy atom. The van der Waals surface area contributed by atoms with Gasteiger partial charge >= 0.3 is 0 Å². The smallest absolute Gasteiger partial charge is 0.172 e. The molecule has 3 nitrogen and oxygen atoms in total. The summed E-state index contributed by atoms with van der Waals surface area (Å²) in [5.74, 6) is 1.20. The molecule has 0 aliphatic carbocycles. The van der Waals surface area contributed by atoms with Crippen LogP contribution >= 0.6 is 0 Å². The lowest BCUT2D eigenvalue weighted by atomic mass is 10.0. The van der Waals surface area contributed by atoms with Gasteiger partial charge in [0, 0.05) is 0 Å². The molecule has 0 fully saturated rings. The molecule has 2 aromatic carbocycles. The molecular weight excluding hydrogens is 216 g/mol. The Hall–Kier alpha value is -2.16. The maximum Gasteiger partial charge on any atom is 0.172 e. The number of benzene rings is 2. The normalized spacial score (nSPS) is 10.0. The van der Waals surface area contributed by atoms with E-state index >= 15 is 0 Å². The zero-order chi connectivity index (χ0) is 12.3. The summed E-state index contributed by atoms with van der Waals surface area (Å²) >= 11 is 0. The Labute approximate surface area is 100 Å². The van der Waals surface area contributed by atoms with E-state index in [1.165, 1.54) is 7.11 Å². The predicted octanol–water partition coefficient (Wildman–Crippen LogP) is 3.08. The number of phenolic OH excluding ortho intramolecular Hbond substituents is 1. The minimum Gasteiger partial charge on any atom is -0.504 e. The van der Waals surface area contributed by atoms with E-state index in [9.17, 15) is 5.11 Å². The summed E-state index contributed by atoms with van der Waals surface area (Å²) in [7, 11) is 3.12. The third kappa shape index (κ3) is 2.04. The fourth-order valence-electron chi connectivity index (χ4n) is 1.81. The van der Waals surface area contributed by atoms with Crippen molar-refractivity contribution in [2.45, 2.75) is 0 Å². The van der Waals surface area contributed by atoms with Gasteiger partial charge in [-0.15, -0.1) is 0 Å². The first-order valence-corrected chi connectivity index (χ1v) is 5.27. The topological polar surface area (TPSA) is 38.7 Å². The Bertz CT molecular complexity index is 506. The molecule has 0 heterocycles. The van der Waals surface area contributed by atoms with E-state index in [1.807, 2.05) is 30.3 Å². The molecule has 2 rings (SSSR count). The van der Waals surface area contributed by atoms with Gasteiger partial charge in [0.2, 0.25) is 0 Å². The molecule has 2 aromatic rings. The molecule has 88 valence electrons. The van der Waals surface area contributed by atoms with Crippen LogP contribution in [0.5, 0.6) is 17.2 Å². The highest BCUT2D eigenvalue weighted by Crippen LogP contribution is 2.43. The number of phenols is 1. The minimum absolute atomic E-state index is 0.104. The zero-order valence-electron chi connectivity index (χ0n) is 9.81.